The first-order chi connectivity index (χ1) is 8.27. The molecule has 0 spiro atoms. The molecule has 0 aliphatic carbocycles. The molecule has 0 aromatic heterocycles. The highest BCUT2D eigenvalue weighted by molar-refractivity contribution is 5.76. The molecule has 1 aromatic carbocycles. The minimum Gasteiger partial charge on any atom is -0.343 e. The highest BCUT2D eigenvalue weighted by Gasteiger charge is 2.17. The lowest BCUT2D eigenvalue weighted by Crippen LogP contribution is -2.27. The monoisotopic (exact) mass is 235 g/mol. The number of carbonyl (C=O) groups is 1. The van der Waals surface area contributed by atoms with Gasteiger partial charge in [0, 0.05) is 19.5 Å². The second kappa shape index (κ2) is 5.80. The van der Waals surface area contributed by atoms with Crippen LogP contribution in [0.3, 0.4) is 0 Å². The molecular formula is C14H18FNO. The van der Waals surface area contributed by atoms with Crippen molar-refractivity contribution >= 4 is 5.91 Å². The van der Waals surface area contributed by atoms with Crippen LogP contribution in [0.2, 0.25) is 0 Å². The summed E-state index contributed by atoms with van der Waals surface area (Å²) >= 11 is 0. The van der Waals surface area contributed by atoms with Gasteiger partial charge in [-0.2, -0.15) is 0 Å². The molecule has 0 saturated carbocycles. The third-order valence-electron chi connectivity index (χ3n) is 3.25. The molecule has 92 valence electrons. The SMILES string of the molecule is O=C(CCCc1ccccc1F)N1CCCC1. The molecule has 0 N–H and O–H groups in total. The third-order valence-corrected chi connectivity index (χ3v) is 3.25. The molecule has 1 fully saturated rings. The van der Waals surface area contributed by atoms with Gasteiger partial charge >= 0.3 is 0 Å². The van der Waals surface area contributed by atoms with E-state index in [0.717, 1.165) is 32.4 Å². The topological polar surface area (TPSA) is 20.3 Å². The molecular weight excluding hydrogens is 217 g/mol. The van der Waals surface area contributed by atoms with Crippen LogP contribution in [0.15, 0.2) is 24.3 Å². The number of amides is 1. The maximum atomic E-state index is 13.3. The molecule has 1 saturated heterocycles. The Morgan fingerprint density at radius 2 is 1.94 bits per heavy atom. The minimum atomic E-state index is -0.166. The van der Waals surface area contributed by atoms with Crippen molar-refractivity contribution in [2.24, 2.45) is 0 Å². The fourth-order valence-electron chi connectivity index (χ4n) is 2.26. The zero-order chi connectivity index (χ0) is 12.1. The average Bonchev–Trinajstić information content (AvgIpc) is 2.85. The Balaban J connectivity index is 1.76. The summed E-state index contributed by atoms with van der Waals surface area (Å²) in [6.07, 6.45) is 4.16. The van der Waals surface area contributed by atoms with Crippen LogP contribution in [0.25, 0.3) is 0 Å². The van der Waals surface area contributed by atoms with E-state index in [4.69, 9.17) is 0 Å². The summed E-state index contributed by atoms with van der Waals surface area (Å²) in [6.45, 7) is 1.80. The van der Waals surface area contributed by atoms with E-state index in [1.165, 1.54) is 6.07 Å². The van der Waals surface area contributed by atoms with E-state index in [9.17, 15) is 9.18 Å². The summed E-state index contributed by atoms with van der Waals surface area (Å²) in [5.74, 6) is 0.0555. The van der Waals surface area contributed by atoms with Crippen molar-refractivity contribution in [3.8, 4) is 0 Å². The Morgan fingerprint density at radius 1 is 1.24 bits per heavy atom. The fraction of sp³-hybridized carbons (Fsp3) is 0.500. The van der Waals surface area contributed by atoms with E-state index in [1.54, 1.807) is 12.1 Å². The van der Waals surface area contributed by atoms with Gasteiger partial charge in [0.25, 0.3) is 0 Å². The Morgan fingerprint density at radius 3 is 2.65 bits per heavy atom. The number of aryl methyl sites for hydroxylation is 1. The van der Waals surface area contributed by atoms with Crippen molar-refractivity contribution in [3.05, 3.63) is 35.6 Å². The van der Waals surface area contributed by atoms with Crippen molar-refractivity contribution in [1.82, 2.24) is 4.90 Å². The average molecular weight is 235 g/mol. The summed E-state index contributed by atoms with van der Waals surface area (Å²) in [4.78, 5) is 13.7. The Labute approximate surface area is 101 Å². The number of rotatable bonds is 4. The zero-order valence-electron chi connectivity index (χ0n) is 9.99. The Bertz CT molecular complexity index is 386. The largest absolute Gasteiger partial charge is 0.343 e. The Hall–Kier alpha value is -1.38. The number of carbonyl (C=O) groups excluding carboxylic acids is 1. The molecule has 1 aliphatic heterocycles. The number of benzene rings is 1. The molecule has 1 aliphatic rings. The molecule has 17 heavy (non-hydrogen) atoms. The molecule has 0 radical (unpaired) electrons. The first kappa shape index (κ1) is 12.1. The second-order valence-corrected chi connectivity index (χ2v) is 4.53. The summed E-state index contributed by atoms with van der Waals surface area (Å²) in [5, 5.41) is 0. The first-order valence-corrected chi connectivity index (χ1v) is 6.28. The maximum absolute atomic E-state index is 13.3. The maximum Gasteiger partial charge on any atom is 0.222 e. The van der Waals surface area contributed by atoms with Gasteiger partial charge in [-0.15, -0.1) is 0 Å². The van der Waals surface area contributed by atoms with E-state index < -0.39 is 0 Å². The number of hydrogen-bond donors (Lipinski definition) is 0. The van der Waals surface area contributed by atoms with Gasteiger partial charge in [-0.25, -0.2) is 4.39 Å². The van der Waals surface area contributed by atoms with Gasteiger partial charge in [0.05, 0.1) is 0 Å². The van der Waals surface area contributed by atoms with Crippen molar-refractivity contribution in [2.75, 3.05) is 13.1 Å². The first-order valence-electron chi connectivity index (χ1n) is 6.28. The van der Waals surface area contributed by atoms with E-state index in [-0.39, 0.29) is 11.7 Å². The van der Waals surface area contributed by atoms with E-state index in [2.05, 4.69) is 0 Å². The van der Waals surface area contributed by atoms with Crippen LogP contribution in [0.5, 0.6) is 0 Å². The number of hydrogen-bond acceptors (Lipinski definition) is 1. The summed E-state index contributed by atoms with van der Waals surface area (Å²) in [7, 11) is 0. The van der Waals surface area contributed by atoms with Crippen LogP contribution in [-0.2, 0) is 11.2 Å². The number of halogens is 1. The van der Waals surface area contributed by atoms with E-state index in [0.29, 0.717) is 18.4 Å². The lowest BCUT2D eigenvalue weighted by atomic mass is 10.1. The van der Waals surface area contributed by atoms with Crippen molar-refractivity contribution in [1.29, 1.82) is 0 Å². The predicted molar refractivity (Wildman–Crippen MR) is 65.2 cm³/mol. The quantitative estimate of drug-likeness (QED) is 0.785. The molecule has 2 rings (SSSR count). The molecule has 0 atom stereocenters. The van der Waals surface area contributed by atoms with Crippen LogP contribution >= 0.6 is 0 Å². The summed E-state index contributed by atoms with van der Waals surface area (Å²) < 4.78 is 13.3. The standard InChI is InChI=1S/C14H18FNO/c15-13-8-2-1-6-12(13)7-5-9-14(17)16-10-3-4-11-16/h1-2,6,8H,3-5,7,9-11H2. The van der Waals surface area contributed by atoms with Crippen LogP contribution in [0, 0.1) is 5.82 Å². The normalized spacial score (nSPS) is 15.2. The van der Waals surface area contributed by atoms with Crippen LogP contribution in [-0.4, -0.2) is 23.9 Å². The van der Waals surface area contributed by atoms with Gasteiger partial charge in [-0.05, 0) is 37.3 Å². The minimum absolute atomic E-state index is 0.166. The Kier molecular flexibility index (Phi) is 4.13. The van der Waals surface area contributed by atoms with Crippen LogP contribution < -0.4 is 0 Å². The van der Waals surface area contributed by atoms with E-state index in [1.807, 2.05) is 11.0 Å². The molecule has 3 heteroatoms. The second-order valence-electron chi connectivity index (χ2n) is 4.53. The van der Waals surface area contributed by atoms with Gasteiger partial charge in [0.1, 0.15) is 5.82 Å². The summed E-state index contributed by atoms with van der Waals surface area (Å²) in [5.41, 5.74) is 0.710. The number of likely N-dealkylation sites (tertiary alicyclic amines) is 1. The van der Waals surface area contributed by atoms with Gasteiger partial charge in [-0.1, -0.05) is 18.2 Å². The van der Waals surface area contributed by atoms with Crippen LogP contribution in [0.1, 0.15) is 31.2 Å². The molecule has 1 heterocycles. The fourth-order valence-corrected chi connectivity index (χ4v) is 2.26. The molecule has 1 amide bonds. The molecule has 0 unspecified atom stereocenters. The zero-order valence-corrected chi connectivity index (χ0v) is 9.99. The van der Waals surface area contributed by atoms with Gasteiger partial charge in [0.15, 0.2) is 0 Å². The van der Waals surface area contributed by atoms with Crippen molar-refractivity contribution in [2.45, 2.75) is 32.1 Å². The highest BCUT2D eigenvalue weighted by Crippen LogP contribution is 2.13. The van der Waals surface area contributed by atoms with Gasteiger partial charge < -0.3 is 4.90 Å². The third kappa shape index (κ3) is 3.29. The van der Waals surface area contributed by atoms with Crippen molar-refractivity contribution < 1.29 is 9.18 Å². The molecule has 0 bridgehead atoms. The van der Waals surface area contributed by atoms with E-state index >= 15 is 0 Å². The summed E-state index contributed by atoms with van der Waals surface area (Å²) in [6, 6.07) is 6.78. The molecule has 1 aromatic rings. The van der Waals surface area contributed by atoms with Crippen molar-refractivity contribution in [3.63, 3.8) is 0 Å². The molecule has 2 nitrogen and oxygen atoms in total. The van der Waals surface area contributed by atoms with Gasteiger partial charge in [0.2, 0.25) is 5.91 Å². The lowest BCUT2D eigenvalue weighted by molar-refractivity contribution is -0.130. The predicted octanol–water partition coefficient (Wildman–Crippen LogP) is 2.77. The number of nitrogens with zero attached hydrogens (tertiary/aromatic N) is 1. The lowest BCUT2D eigenvalue weighted by Gasteiger charge is -2.14. The highest BCUT2D eigenvalue weighted by atomic mass is 19.1. The van der Waals surface area contributed by atoms with Crippen LogP contribution in [0.4, 0.5) is 4.39 Å². The smallest absolute Gasteiger partial charge is 0.222 e. The van der Waals surface area contributed by atoms with Gasteiger partial charge in [-0.3, -0.25) is 4.79 Å².